The Morgan fingerprint density at radius 1 is 1.21 bits per heavy atom. The Kier molecular flexibility index (Phi) is 4.09. The maximum absolute atomic E-state index is 14.8. The molecule has 0 saturated carbocycles. The number of rotatable bonds is 3. The molecule has 0 bridgehead atoms. The summed E-state index contributed by atoms with van der Waals surface area (Å²) in [6.07, 6.45) is 3.09. The Hall–Kier alpha value is -1.99. The minimum Gasteiger partial charge on any atom is -0.398 e. The summed E-state index contributed by atoms with van der Waals surface area (Å²) < 4.78 is 26.3. The molecule has 0 unspecified atom stereocenters. The highest BCUT2D eigenvalue weighted by atomic mass is 19.1. The monoisotopic (exact) mass is 329 g/mol. The first kappa shape index (κ1) is 16.9. The van der Waals surface area contributed by atoms with Crippen molar-refractivity contribution in [1.29, 1.82) is 0 Å². The van der Waals surface area contributed by atoms with Gasteiger partial charge < -0.3 is 9.31 Å². The van der Waals surface area contributed by atoms with Gasteiger partial charge >= 0.3 is 7.12 Å². The van der Waals surface area contributed by atoms with Crippen molar-refractivity contribution >= 4 is 13.2 Å². The minimum atomic E-state index is -1.03. The molecular weight excluding hydrogens is 308 g/mol. The van der Waals surface area contributed by atoms with Gasteiger partial charge in [0, 0.05) is 17.5 Å². The average Bonchev–Trinajstić information content (AvgIpc) is 2.98. The van der Waals surface area contributed by atoms with Crippen LogP contribution in [0.25, 0.3) is 17.5 Å². The molecule has 1 saturated heterocycles. The van der Waals surface area contributed by atoms with Crippen LogP contribution in [0.2, 0.25) is 0 Å². The van der Waals surface area contributed by atoms with Gasteiger partial charge in [-0.25, -0.2) is 4.39 Å². The third kappa shape index (κ3) is 2.89. The van der Waals surface area contributed by atoms with Crippen LogP contribution in [0.1, 0.15) is 39.0 Å². The smallest absolute Gasteiger partial charge is 0.398 e. The molecule has 0 atom stereocenters. The Bertz CT molecular complexity index is 755. The molecule has 0 aliphatic carbocycles. The Labute approximate surface area is 141 Å². The zero-order valence-corrected chi connectivity index (χ0v) is 14.6. The summed E-state index contributed by atoms with van der Waals surface area (Å²) in [5.74, 6) is 0. The van der Waals surface area contributed by atoms with Crippen LogP contribution in [0.4, 0.5) is 4.39 Å². The fraction of sp³-hybridized carbons (Fsp3) is 0.412. The lowest BCUT2D eigenvalue weighted by atomic mass is 9.86. The number of hydrogen-bond acceptors (Lipinski definition) is 4. The number of aromatic amines is 1. The molecule has 7 heteroatoms. The molecule has 1 fully saturated rings. The lowest BCUT2D eigenvalue weighted by Gasteiger charge is -2.32. The molecule has 0 amide bonds. The van der Waals surface area contributed by atoms with Crippen LogP contribution in [0, 0.1) is 6.92 Å². The highest BCUT2D eigenvalue weighted by Gasteiger charge is 2.53. The Balaban J connectivity index is 1.94. The molecule has 1 aliphatic heterocycles. The molecule has 1 aliphatic rings. The second-order valence-corrected chi connectivity index (χ2v) is 6.94. The Morgan fingerprint density at radius 3 is 2.46 bits per heavy atom. The summed E-state index contributed by atoms with van der Waals surface area (Å²) in [7, 11) is -1.03. The summed E-state index contributed by atoms with van der Waals surface area (Å²) >= 11 is 0. The second-order valence-electron chi connectivity index (χ2n) is 6.94. The standard InChI is InChI=1S/C17H21BFN3O2/c1-11-12(15(22-21-11)13-8-6-7-9-20-13)10-14(19)18-23-16(2,3)17(4,5)24-18/h6-10H,1-5H3,(H,21,22). The maximum atomic E-state index is 14.8. The van der Waals surface area contributed by atoms with Gasteiger partial charge in [-0.3, -0.25) is 10.1 Å². The predicted octanol–water partition coefficient (Wildman–Crippen LogP) is 3.72. The fourth-order valence-electron chi connectivity index (χ4n) is 2.47. The molecule has 0 spiro atoms. The van der Waals surface area contributed by atoms with Crippen molar-refractivity contribution in [3.63, 3.8) is 0 Å². The van der Waals surface area contributed by atoms with E-state index in [1.54, 1.807) is 6.20 Å². The molecule has 2 aromatic heterocycles. The molecule has 3 heterocycles. The first-order chi connectivity index (χ1) is 11.2. The van der Waals surface area contributed by atoms with Crippen molar-refractivity contribution in [1.82, 2.24) is 15.2 Å². The quantitative estimate of drug-likeness (QED) is 0.872. The van der Waals surface area contributed by atoms with E-state index in [0.717, 1.165) is 5.69 Å². The maximum Gasteiger partial charge on any atom is 0.525 e. The average molecular weight is 329 g/mol. The van der Waals surface area contributed by atoms with Crippen LogP contribution in [0.5, 0.6) is 0 Å². The van der Waals surface area contributed by atoms with E-state index in [2.05, 4.69) is 15.2 Å². The number of nitrogens with one attached hydrogen (secondary N) is 1. The van der Waals surface area contributed by atoms with E-state index < -0.39 is 24.0 Å². The lowest BCUT2D eigenvalue weighted by molar-refractivity contribution is 0.00578. The first-order valence-electron chi connectivity index (χ1n) is 7.90. The molecular formula is C17H21BFN3O2. The highest BCUT2D eigenvalue weighted by molar-refractivity contribution is 6.54. The number of hydrogen-bond donors (Lipinski definition) is 1. The minimum absolute atomic E-state index is 0.490. The van der Waals surface area contributed by atoms with E-state index in [1.807, 2.05) is 52.8 Å². The summed E-state index contributed by atoms with van der Waals surface area (Å²) in [6.45, 7) is 9.40. The Morgan fingerprint density at radius 2 is 1.88 bits per heavy atom. The SMILES string of the molecule is Cc1[nH]nc(-c2ccccn2)c1C=C(F)B1OC(C)(C)C(C)(C)O1. The van der Waals surface area contributed by atoms with Gasteiger partial charge in [0.2, 0.25) is 0 Å². The predicted molar refractivity (Wildman–Crippen MR) is 91.7 cm³/mol. The summed E-state index contributed by atoms with van der Waals surface area (Å²) in [5.41, 5.74) is 1.00. The normalized spacial score (nSPS) is 19.8. The van der Waals surface area contributed by atoms with E-state index in [-0.39, 0.29) is 0 Å². The topological polar surface area (TPSA) is 60.0 Å². The number of aryl methyl sites for hydroxylation is 1. The lowest BCUT2D eigenvalue weighted by Crippen LogP contribution is -2.41. The molecule has 0 aromatic carbocycles. The molecule has 24 heavy (non-hydrogen) atoms. The van der Waals surface area contributed by atoms with Crippen molar-refractivity contribution in [3.05, 3.63) is 41.4 Å². The van der Waals surface area contributed by atoms with Gasteiger partial charge in [0.1, 0.15) is 11.4 Å². The number of halogens is 1. The second kappa shape index (κ2) is 5.83. The van der Waals surface area contributed by atoms with Gasteiger partial charge in [0.05, 0.1) is 16.9 Å². The molecule has 1 N–H and O–H groups in total. The van der Waals surface area contributed by atoms with Crippen LogP contribution in [0.15, 0.2) is 30.1 Å². The van der Waals surface area contributed by atoms with Crippen LogP contribution in [-0.2, 0) is 9.31 Å². The van der Waals surface area contributed by atoms with Crippen molar-refractivity contribution in [2.24, 2.45) is 0 Å². The molecule has 126 valence electrons. The number of pyridine rings is 1. The van der Waals surface area contributed by atoms with Gasteiger partial charge in [0.25, 0.3) is 0 Å². The van der Waals surface area contributed by atoms with Crippen molar-refractivity contribution in [2.75, 3.05) is 0 Å². The zero-order chi connectivity index (χ0) is 17.5. The molecule has 5 nitrogen and oxygen atoms in total. The van der Waals surface area contributed by atoms with Crippen LogP contribution in [0.3, 0.4) is 0 Å². The third-order valence-corrected chi connectivity index (χ3v) is 4.66. The van der Waals surface area contributed by atoms with Gasteiger partial charge in [-0.05, 0) is 52.8 Å². The largest absolute Gasteiger partial charge is 0.525 e. The molecule has 2 aromatic rings. The van der Waals surface area contributed by atoms with Crippen LogP contribution in [-0.4, -0.2) is 33.5 Å². The number of aromatic nitrogens is 3. The summed E-state index contributed by atoms with van der Waals surface area (Å²) in [5, 5.41) is 7.12. The van der Waals surface area contributed by atoms with Crippen LogP contribution < -0.4 is 0 Å². The summed E-state index contributed by atoms with van der Waals surface area (Å²) in [6, 6.07) is 5.52. The van der Waals surface area contributed by atoms with Crippen molar-refractivity contribution in [3.8, 4) is 11.4 Å². The van der Waals surface area contributed by atoms with Gasteiger partial charge in [-0.15, -0.1) is 0 Å². The van der Waals surface area contributed by atoms with Gasteiger partial charge in [-0.1, -0.05) is 6.07 Å². The summed E-state index contributed by atoms with van der Waals surface area (Å²) in [4.78, 5) is 4.28. The number of nitrogens with zero attached hydrogens (tertiary/aromatic N) is 2. The van der Waals surface area contributed by atoms with E-state index in [0.29, 0.717) is 17.0 Å². The van der Waals surface area contributed by atoms with Crippen molar-refractivity contribution in [2.45, 2.75) is 45.8 Å². The highest BCUT2D eigenvalue weighted by Crippen LogP contribution is 2.39. The number of H-pyrrole nitrogens is 1. The van der Waals surface area contributed by atoms with E-state index in [9.17, 15) is 4.39 Å². The fourth-order valence-corrected chi connectivity index (χ4v) is 2.47. The third-order valence-electron chi connectivity index (χ3n) is 4.66. The van der Waals surface area contributed by atoms with E-state index >= 15 is 0 Å². The zero-order valence-electron chi connectivity index (χ0n) is 14.6. The molecule has 3 rings (SSSR count). The van der Waals surface area contributed by atoms with Crippen LogP contribution >= 0.6 is 0 Å². The van der Waals surface area contributed by atoms with E-state index in [1.165, 1.54) is 6.08 Å². The van der Waals surface area contributed by atoms with Gasteiger partial charge in [0.15, 0.2) is 0 Å². The van der Waals surface area contributed by atoms with Gasteiger partial charge in [-0.2, -0.15) is 5.10 Å². The first-order valence-corrected chi connectivity index (χ1v) is 7.90. The molecule has 0 radical (unpaired) electrons. The van der Waals surface area contributed by atoms with Crippen molar-refractivity contribution < 1.29 is 13.7 Å². The van der Waals surface area contributed by atoms with E-state index in [4.69, 9.17) is 9.31 Å².